The number of esters is 1. The van der Waals surface area contributed by atoms with Crippen LogP contribution in [0.2, 0.25) is 0 Å². The van der Waals surface area contributed by atoms with Crippen LogP contribution in [-0.4, -0.2) is 18.9 Å². The summed E-state index contributed by atoms with van der Waals surface area (Å²) in [5, 5.41) is 0. The van der Waals surface area contributed by atoms with Gasteiger partial charge in [-0.05, 0) is 30.8 Å². The van der Waals surface area contributed by atoms with Crippen LogP contribution >= 0.6 is 15.9 Å². The van der Waals surface area contributed by atoms with Crippen LogP contribution in [0.3, 0.4) is 0 Å². The fraction of sp³-hybridized carbons (Fsp3) is 0.692. The lowest BCUT2D eigenvalue weighted by atomic mass is 9.52. The number of ketones is 1. The van der Waals surface area contributed by atoms with Gasteiger partial charge in [-0.2, -0.15) is 0 Å². The average Bonchev–Trinajstić information content (AvgIpc) is 2.26. The normalized spacial score (nSPS) is 35.2. The molecule has 4 heteroatoms. The lowest BCUT2D eigenvalue weighted by Gasteiger charge is -2.51. The monoisotopic (exact) mass is 300 g/mol. The third-order valence-corrected chi connectivity index (χ3v) is 5.34. The van der Waals surface area contributed by atoms with Gasteiger partial charge in [0.25, 0.3) is 0 Å². The molecule has 0 N–H and O–H groups in total. The number of methoxy groups -OCH3 is 1. The van der Waals surface area contributed by atoms with Crippen molar-refractivity contribution in [3.63, 3.8) is 0 Å². The van der Waals surface area contributed by atoms with Crippen molar-refractivity contribution < 1.29 is 14.3 Å². The van der Waals surface area contributed by atoms with Crippen LogP contribution in [0, 0.1) is 16.7 Å². The van der Waals surface area contributed by atoms with E-state index in [1.807, 2.05) is 0 Å². The highest BCUT2D eigenvalue weighted by Gasteiger charge is 2.59. The second-order valence-electron chi connectivity index (χ2n) is 5.62. The molecule has 2 atom stereocenters. The van der Waals surface area contributed by atoms with Gasteiger partial charge in [0.2, 0.25) is 0 Å². The maximum absolute atomic E-state index is 12.2. The van der Waals surface area contributed by atoms with E-state index in [4.69, 9.17) is 4.74 Å². The molecule has 94 valence electrons. The zero-order valence-electron chi connectivity index (χ0n) is 10.4. The first-order chi connectivity index (χ1) is 7.85. The first-order valence-electron chi connectivity index (χ1n) is 5.85. The fourth-order valence-electron chi connectivity index (χ4n) is 3.16. The number of ether oxygens (including phenoxy) is 1. The Labute approximate surface area is 110 Å². The number of hydrogen-bond acceptors (Lipinski definition) is 3. The molecule has 1 fully saturated rings. The molecule has 0 saturated heterocycles. The van der Waals surface area contributed by atoms with E-state index in [0.717, 1.165) is 12.8 Å². The molecule has 1 saturated carbocycles. The number of rotatable bonds is 1. The summed E-state index contributed by atoms with van der Waals surface area (Å²) in [6, 6.07) is 0. The Hall–Kier alpha value is -0.640. The molecule has 0 aromatic carbocycles. The van der Waals surface area contributed by atoms with Gasteiger partial charge in [-0.25, -0.2) is 0 Å². The Morgan fingerprint density at radius 3 is 2.76 bits per heavy atom. The van der Waals surface area contributed by atoms with Crippen molar-refractivity contribution in [1.82, 2.24) is 0 Å². The highest BCUT2D eigenvalue weighted by Crippen LogP contribution is 2.60. The van der Waals surface area contributed by atoms with Crippen LogP contribution in [0.25, 0.3) is 0 Å². The summed E-state index contributed by atoms with van der Waals surface area (Å²) in [5.41, 5.74) is -0.870. The highest BCUT2D eigenvalue weighted by molar-refractivity contribution is 9.11. The SMILES string of the molecule is COC(=O)C12CC(CCC1(C)C)C(=O)C=C2Br. The zero-order chi connectivity index (χ0) is 12.8. The number of allylic oxidation sites excluding steroid dienone is 1. The zero-order valence-corrected chi connectivity index (χ0v) is 12.0. The third-order valence-electron chi connectivity index (χ3n) is 4.44. The molecule has 0 spiro atoms. The van der Waals surface area contributed by atoms with Crippen molar-refractivity contribution >= 4 is 27.7 Å². The van der Waals surface area contributed by atoms with Gasteiger partial charge in [0.1, 0.15) is 5.41 Å². The molecule has 0 aromatic heterocycles. The summed E-state index contributed by atoms with van der Waals surface area (Å²) >= 11 is 3.43. The molecule has 0 radical (unpaired) electrons. The summed E-state index contributed by atoms with van der Waals surface area (Å²) in [6.45, 7) is 4.15. The van der Waals surface area contributed by atoms with Crippen molar-refractivity contribution in [2.24, 2.45) is 16.7 Å². The van der Waals surface area contributed by atoms with Gasteiger partial charge >= 0.3 is 5.97 Å². The largest absolute Gasteiger partial charge is 0.468 e. The average molecular weight is 301 g/mol. The second-order valence-corrected chi connectivity index (χ2v) is 6.47. The van der Waals surface area contributed by atoms with Gasteiger partial charge < -0.3 is 4.74 Å². The number of hydrogen-bond donors (Lipinski definition) is 0. The van der Waals surface area contributed by atoms with Crippen molar-refractivity contribution in [2.75, 3.05) is 7.11 Å². The van der Waals surface area contributed by atoms with Gasteiger partial charge in [0.05, 0.1) is 7.11 Å². The van der Waals surface area contributed by atoms with Crippen LogP contribution in [0.5, 0.6) is 0 Å². The minimum absolute atomic E-state index is 0.0246. The van der Waals surface area contributed by atoms with Crippen molar-refractivity contribution in [2.45, 2.75) is 33.1 Å². The number of carbonyl (C=O) groups is 2. The van der Waals surface area contributed by atoms with Gasteiger partial charge in [0, 0.05) is 10.4 Å². The summed E-state index contributed by atoms with van der Waals surface area (Å²) < 4.78 is 5.67. The minimum atomic E-state index is -0.682. The summed E-state index contributed by atoms with van der Waals surface area (Å²) in [6.07, 6.45) is 3.87. The number of fused-ring (bicyclic) bond motifs is 2. The first-order valence-corrected chi connectivity index (χ1v) is 6.64. The van der Waals surface area contributed by atoms with Gasteiger partial charge in [0.15, 0.2) is 5.78 Å². The molecule has 2 bridgehead atoms. The number of carbonyl (C=O) groups excluding carboxylic acids is 2. The van der Waals surface area contributed by atoms with E-state index in [1.54, 1.807) is 6.08 Å². The van der Waals surface area contributed by atoms with Gasteiger partial charge in [-0.3, -0.25) is 9.59 Å². The van der Waals surface area contributed by atoms with E-state index in [9.17, 15) is 9.59 Å². The molecule has 2 aliphatic carbocycles. The maximum atomic E-state index is 12.2. The Morgan fingerprint density at radius 2 is 2.18 bits per heavy atom. The predicted octanol–water partition coefficient (Wildman–Crippen LogP) is 2.83. The van der Waals surface area contributed by atoms with Crippen molar-refractivity contribution in [3.8, 4) is 0 Å². The summed E-state index contributed by atoms with van der Waals surface area (Å²) in [4.78, 5) is 24.0. The molecule has 2 aliphatic rings. The molecule has 2 unspecified atom stereocenters. The molecule has 2 rings (SSSR count). The van der Waals surface area contributed by atoms with E-state index >= 15 is 0 Å². The predicted molar refractivity (Wildman–Crippen MR) is 67.6 cm³/mol. The van der Waals surface area contributed by atoms with E-state index < -0.39 is 5.41 Å². The Morgan fingerprint density at radius 1 is 1.53 bits per heavy atom. The van der Waals surface area contributed by atoms with Crippen LogP contribution in [0.15, 0.2) is 10.6 Å². The Kier molecular flexibility index (Phi) is 2.97. The van der Waals surface area contributed by atoms with E-state index in [-0.39, 0.29) is 23.1 Å². The van der Waals surface area contributed by atoms with Crippen molar-refractivity contribution in [1.29, 1.82) is 0 Å². The van der Waals surface area contributed by atoms with Gasteiger partial charge in [-0.1, -0.05) is 29.8 Å². The minimum Gasteiger partial charge on any atom is -0.468 e. The number of halogens is 1. The standard InChI is InChI=1S/C13H17BrO3/c1-12(2)5-4-8-7-13(12,11(16)17-3)10(14)6-9(8)15/h6,8H,4-5,7H2,1-3H3. The van der Waals surface area contributed by atoms with Gasteiger partial charge in [-0.15, -0.1) is 0 Å². The quantitative estimate of drug-likeness (QED) is 0.699. The van der Waals surface area contributed by atoms with Crippen LogP contribution in [0.1, 0.15) is 33.1 Å². The molecule has 0 heterocycles. The lowest BCUT2D eigenvalue weighted by Crippen LogP contribution is -2.53. The van der Waals surface area contributed by atoms with E-state index in [0.29, 0.717) is 10.9 Å². The molecule has 0 amide bonds. The second kappa shape index (κ2) is 3.94. The summed E-state index contributed by atoms with van der Waals surface area (Å²) in [5.74, 6) is -0.127. The lowest BCUT2D eigenvalue weighted by molar-refractivity contribution is -0.162. The van der Waals surface area contributed by atoms with Crippen LogP contribution in [0.4, 0.5) is 0 Å². The highest BCUT2D eigenvalue weighted by atomic mass is 79.9. The molecule has 3 nitrogen and oxygen atoms in total. The molecule has 17 heavy (non-hydrogen) atoms. The smallest absolute Gasteiger partial charge is 0.317 e. The molecule has 0 aromatic rings. The maximum Gasteiger partial charge on any atom is 0.317 e. The topological polar surface area (TPSA) is 43.4 Å². The first kappa shape index (κ1) is 12.8. The summed E-state index contributed by atoms with van der Waals surface area (Å²) in [7, 11) is 1.41. The molecular formula is C13H17BrO3. The van der Waals surface area contributed by atoms with Crippen molar-refractivity contribution in [3.05, 3.63) is 10.6 Å². The molecular weight excluding hydrogens is 284 g/mol. The van der Waals surface area contributed by atoms with E-state index in [1.165, 1.54) is 7.11 Å². The third kappa shape index (κ3) is 1.60. The Balaban J connectivity index is 2.59. The molecule has 0 aliphatic heterocycles. The van der Waals surface area contributed by atoms with Crippen LogP contribution in [-0.2, 0) is 14.3 Å². The van der Waals surface area contributed by atoms with E-state index in [2.05, 4.69) is 29.8 Å². The Bertz CT molecular complexity index is 411. The van der Waals surface area contributed by atoms with Crippen LogP contribution < -0.4 is 0 Å². The fourth-order valence-corrected chi connectivity index (χ4v) is 4.24.